The molecule has 0 bridgehead atoms. The van der Waals surface area contributed by atoms with Gasteiger partial charge in [0.2, 0.25) is 5.91 Å². The van der Waals surface area contributed by atoms with Gasteiger partial charge in [0.25, 0.3) is 0 Å². The molecule has 2 nitrogen and oxygen atoms in total. The third-order valence-electron chi connectivity index (χ3n) is 2.32. The van der Waals surface area contributed by atoms with Gasteiger partial charge in [-0.1, -0.05) is 25.4 Å². The molecule has 0 aliphatic rings. The average Bonchev–Trinajstić information content (AvgIpc) is 2.21. The predicted octanol–water partition coefficient (Wildman–Crippen LogP) is 4.23. The summed E-state index contributed by atoms with van der Waals surface area (Å²) in [5.74, 6) is -0.678. The minimum absolute atomic E-state index is 0.104. The van der Waals surface area contributed by atoms with Crippen LogP contribution in [0.25, 0.3) is 0 Å². The summed E-state index contributed by atoms with van der Waals surface area (Å²) in [7, 11) is 0. The third kappa shape index (κ3) is 3.19. The van der Waals surface area contributed by atoms with E-state index < -0.39 is 5.82 Å². The Bertz CT molecular complexity index is 388. The third-order valence-corrected chi connectivity index (χ3v) is 3.24. The molecule has 0 fully saturated rings. The summed E-state index contributed by atoms with van der Waals surface area (Å²) < 4.78 is 13.4. The van der Waals surface area contributed by atoms with E-state index in [1.807, 2.05) is 13.8 Å². The Morgan fingerprint density at radius 2 is 2.25 bits per heavy atom. The van der Waals surface area contributed by atoms with Gasteiger partial charge in [0.05, 0.1) is 10.7 Å². The van der Waals surface area contributed by atoms with Gasteiger partial charge < -0.3 is 5.32 Å². The van der Waals surface area contributed by atoms with Crippen molar-refractivity contribution in [3.63, 3.8) is 0 Å². The summed E-state index contributed by atoms with van der Waals surface area (Å²) in [6.07, 6.45) is 0.738. The van der Waals surface area contributed by atoms with Crippen LogP contribution in [0.3, 0.4) is 0 Å². The summed E-state index contributed by atoms with van der Waals surface area (Å²) in [4.78, 5) is 11.6. The minimum atomic E-state index is -0.446. The SMILES string of the molecule is CCC(C)C(=O)Nc1c(Cl)cc(F)cc1Br. The molecule has 0 radical (unpaired) electrons. The molecule has 0 aromatic heterocycles. The lowest BCUT2D eigenvalue weighted by atomic mass is 10.1. The van der Waals surface area contributed by atoms with E-state index in [4.69, 9.17) is 11.6 Å². The van der Waals surface area contributed by atoms with Crippen molar-refractivity contribution >= 4 is 39.1 Å². The summed E-state index contributed by atoms with van der Waals surface area (Å²) in [5, 5.41) is 2.86. The molecule has 16 heavy (non-hydrogen) atoms. The predicted molar refractivity (Wildman–Crippen MR) is 67.2 cm³/mol. The lowest BCUT2D eigenvalue weighted by molar-refractivity contribution is -0.119. The normalized spacial score (nSPS) is 12.3. The molecule has 1 unspecified atom stereocenters. The molecular weight excluding hydrogens is 296 g/mol. The number of carbonyl (C=O) groups excluding carboxylic acids is 1. The summed E-state index contributed by atoms with van der Waals surface area (Å²) >= 11 is 9.00. The van der Waals surface area contributed by atoms with Gasteiger partial charge in [-0.25, -0.2) is 4.39 Å². The Hall–Kier alpha value is -0.610. The van der Waals surface area contributed by atoms with Crippen molar-refractivity contribution in [1.82, 2.24) is 0 Å². The molecule has 0 saturated carbocycles. The fraction of sp³-hybridized carbons (Fsp3) is 0.364. The highest BCUT2D eigenvalue weighted by molar-refractivity contribution is 9.10. The molecule has 5 heteroatoms. The van der Waals surface area contributed by atoms with Crippen LogP contribution in [-0.4, -0.2) is 5.91 Å². The Balaban J connectivity index is 2.93. The molecule has 1 rings (SSSR count). The van der Waals surface area contributed by atoms with Crippen molar-refractivity contribution in [3.05, 3.63) is 27.4 Å². The fourth-order valence-electron chi connectivity index (χ4n) is 1.09. The molecule has 0 heterocycles. The topological polar surface area (TPSA) is 29.1 Å². The van der Waals surface area contributed by atoms with Crippen LogP contribution in [-0.2, 0) is 4.79 Å². The van der Waals surface area contributed by atoms with Gasteiger partial charge in [0.15, 0.2) is 0 Å². The van der Waals surface area contributed by atoms with Crippen LogP contribution >= 0.6 is 27.5 Å². The molecule has 1 N–H and O–H groups in total. The number of halogens is 3. The first-order valence-corrected chi connectivity index (χ1v) is 6.08. The minimum Gasteiger partial charge on any atom is -0.324 e. The van der Waals surface area contributed by atoms with Gasteiger partial charge in [-0.05, 0) is 34.5 Å². The molecule has 0 saturated heterocycles. The molecule has 1 atom stereocenters. The van der Waals surface area contributed by atoms with E-state index in [1.54, 1.807) is 0 Å². The molecule has 0 spiro atoms. The standard InChI is InChI=1S/C11H12BrClFNO/c1-3-6(2)11(16)15-10-8(12)4-7(14)5-9(10)13/h4-6H,3H2,1-2H3,(H,15,16). The van der Waals surface area contributed by atoms with Crippen molar-refractivity contribution in [2.75, 3.05) is 5.32 Å². The van der Waals surface area contributed by atoms with E-state index in [0.717, 1.165) is 6.42 Å². The quantitative estimate of drug-likeness (QED) is 0.889. The average molecular weight is 309 g/mol. The second-order valence-corrected chi connectivity index (χ2v) is 4.80. The molecule has 0 aliphatic heterocycles. The van der Waals surface area contributed by atoms with Gasteiger partial charge >= 0.3 is 0 Å². The molecule has 1 aromatic carbocycles. The first-order valence-electron chi connectivity index (χ1n) is 4.91. The van der Waals surface area contributed by atoms with Gasteiger partial charge in [-0.15, -0.1) is 0 Å². The van der Waals surface area contributed by atoms with Crippen LogP contribution in [0.2, 0.25) is 5.02 Å². The number of hydrogen-bond donors (Lipinski definition) is 1. The molecule has 0 aliphatic carbocycles. The van der Waals surface area contributed by atoms with Crippen molar-refractivity contribution in [2.24, 2.45) is 5.92 Å². The van der Waals surface area contributed by atoms with Gasteiger partial charge in [-0.3, -0.25) is 4.79 Å². The van der Waals surface area contributed by atoms with Crippen LogP contribution in [0.5, 0.6) is 0 Å². The van der Waals surface area contributed by atoms with E-state index >= 15 is 0 Å². The second kappa shape index (κ2) is 5.64. The van der Waals surface area contributed by atoms with Crippen LogP contribution in [0.1, 0.15) is 20.3 Å². The van der Waals surface area contributed by atoms with Crippen LogP contribution in [0.15, 0.2) is 16.6 Å². The van der Waals surface area contributed by atoms with Crippen molar-refractivity contribution < 1.29 is 9.18 Å². The van der Waals surface area contributed by atoms with E-state index in [1.165, 1.54) is 12.1 Å². The van der Waals surface area contributed by atoms with E-state index in [9.17, 15) is 9.18 Å². The highest BCUT2D eigenvalue weighted by Gasteiger charge is 2.15. The van der Waals surface area contributed by atoms with Crippen LogP contribution in [0, 0.1) is 11.7 Å². The van der Waals surface area contributed by atoms with Gasteiger partial charge in [0, 0.05) is 10.4 Å². The largest absolute Gasteiger partial charge is 0.324 e. The maximum Gasteiger partial charge on any atom is 0.227 e. The Morgan fingerprint density at radius 1 is 1.62 bits per heavy atom. The fourth-order valence-corrected chi connectivity index (χ4v) is 1.99. The highest BCUT2D eigenvalue weighted by atomic mass is 79.9. The summed E-state index contributed by atoms with van der Waals surface area (Å²) in [5.41, 5.74) is 0.411. The maximum atomic E-state index is 12.9. The number of anilines is 1. The van der Waals surface area contributed by atoms with Crippen molar-refractivity contribution in [1.29, 1.82) is 0 Å². The number of rotatable bonds is 3. The van der Waals surface area contributed by atoms with Gasteiger partial charge in [-0.2, -0.15) is 0 Å². The molecule has 88 valence electrons. The van der Waals surface area contributed by atoms with Crippen LogP contribution < -0.4 is 5.32 Å². The maximum absolute atomic E-state index is 12.9. The lowest BCUT2D eigenvalue weighted by Crippen LogP contribution is -2.20. The van der Waals surface area contributed by atoms with E-state index in [-0.39, 0.29) is 16.8 Å². The van der Waals surface area contributed by atoms with Crippen molar-refractivity contribution in [2.45, 2.75) is 20.3 Å². The number of benzene rings is 1. The highest BCUT2D eigenvalue weighted by Crippen LogP contribution is 2.32. The monoisotopic (exact) mass is 307 g/mol. The first kappa shape index (κ1) is 13.5. The Morgan fingerprint density at radius 3 is 2.75 bits per heavy atom. The summed E-state index contributed by atoms with van der Waals surface area (Å²) in [6.45, 7) is 3.74. The zero-order chi connectivity index (χ0) is 12.3. The lowest BCUT2D eigenvalue weighted by Gasteiger charge is -2.12. The Kier molecular flexibility index (Phi) is 4.74. The smallest absolute Gasteiger partial charge is 0.227 e. The second-order valence-electron chi connectivity index (χ2n) is 3.54. The zero-order valence-corrected chi connectivity index (χ0v) is 11.3. The first-order chi connectivity index (χ1) is 7.45. The van der Waals surface area contributed by atoms with Crippen molar-refractivity contribution in [3.8, 4) is 0 Å². The van der Waals surface area contributed by atoms with Crippen LogP contribution in [0.4, 0.5) is 10.1 Å². The summed E-state index contributed by atoms with van der Waals surface area (Å²) in [6, 6.07) is 2.43. The number of nitrogens with one attached hydrogen (secondary N) is 1. The van der Waals surface area contributed by atoms with Gasteiger partial charge in [0.1, 0.15) is 5.82 Å². The van der Waals surface area contributed by atoms with E-state index in [2.05, 4.69) is 21.2 Å². The van der Waals surface area contributed by atoms with E-state index in [0.29, 0.717) is 10.2 Å². The number of amides is 1. The molecule has 1 aromatic rings. The Labute approximate surface area is 107 Å². The number of carbonyl (C=O) groups is 1. The molecular formula is C11H12BrClFNO. The zero-order valence-electron chi connectivity index (χ0n) is 8.98. The number of hydrogen-bond acceptors (Lipinski definition) is 1. The molecule has 1 amide bonds.